The van der Waals surface area contributed by atoms with Crippen LogP contribution in [-0.4, -0.2) is 63.0 Å². The largest absolute Gasteiger partial charge is 0.461 e. The molecular weight excluding hydrogens is 440 g/mol. The van der Waals surface area contributed by atoms with Crippen LogP contribution in [0, 0.1) is 6.92 Å². The van der Waals surface area contributed by atoms with E-state index in [1.54, 1.807) is 37.1 Å². The van der Waals surface area contributed by atoms with Crippen molar-refractivity contribution in [3.63, 3.8) is 0 Å². The third-order valence-corrected chi connectivity index (χ3v) is 5.32. The third kappa shape index (κ3) is 4.28. The van der Waals surface area contributed by atoms with Crippen LogP contribution in [0.25, 0.3) is 11.0 Å². The number of methoxy groups -OCH3 is 1. The minimum Gasteiger partial charge on any atom is -0.461 e. The summed E-state index contributed by atoms with van der Waals surface area (Å²) >= 11 is 0. The maximum atomic E-state index is 12.8. The van der Waals surface area contributed by atoms with Crippen molar-refractivity contribution in [2.45, 2.75) is 13.0 Å². The highest BCUT2D eigenvalue weighted by Crippen LogP contribution is 2.33. The zero-order valence-electron chi connectivity index (χ0n) is 18.4. The molecule has 0 bridgehead atoms. The number of hydrogen-bond donors (Lipinski definition) is 1. The number of carbonyl (C=O) groups is 2. The van der Waals surface area contributed by atoms with Gasteiger partial charge in [0.15, 0.2) is 5.82 Å². The number of aryl methyl sites for hydroxylation is 1. The SMILES string of the molecule is COC1CN(C(=O)c2cnc(Oc3cc(C(=O)Nc4cnccn4)cc4oc(C)cc34)cn2)C1. The molecule has 34 heavy (non-hydrogen) atoms. The summed E-state index contributed by atoms with van der Waals surface area (Å²) in [5, 5.41) is 3.35. The first kappa shape index (κ1) is 21.5. The molecule has 4 aromatic rings. The third-order valence-electron chi connectivity index (χ3n) is 5.32. The Kier molecular flexibility index (Phi) is 5.60. The van der Waals surface area contributed by atoms with Gasteiger partial charge >= 0.3 is 0 Å². The summed E-state index contributed by atoms with van der Waals surface area (Å²) in [6, 6.07) is 5.00. The molecular formula is C23H20N6O5. The first-order valence-electron chi connectivity index (χ1n) is 10.4. The van der Waals surface area contributed by atoms with Crippen molar-refractivity contribution in [1.29, 1.82) is 0 Å². The number of carbonyl (C=O) groups excluding carboxylic acids is 2. The molecule has 1 saturated heterocycles. The number of hydrogen-bond acceptors (Lipinski definition) is 9. The lowest BCUT2D eigenvalue weighted by molar-refractivity contribution is -0.0195. The zero-order valence-corrected chi connectivity index (χ0v) is 18.4. The molecule has 0 saturated carbocycles. The van der Waals surface area contributed by atoms with E-state index in [2.05, 4.69) is 25.3 Å². The number of nitrogens with one attached hydrogen (secondary N) is 1. The number of nitrogens with zero attached hydrogens (tertiary/aromatic N) is 5. The number of anilines is 1. The molecule has 1 N–H and O–H groups in total. The summed E-state index contributed by atoms with van der Waals surface area (Å²) in [4.78, 5) is 43.3. The fourth-order valence-corrected chi connectivity index (χ4v) is 3.51. The number of likely N-dealkylation sites (tertiary alicyclic amines) is 1. The van der Waals surface area contributed by atoms with Crippen LogP contribution in [0.2, 0.25) is 0 Å². The fraction of sp³-hybridized carbons (Fsp3) is 0.217. The van der Waals surface area contributed by atoms with Crippen molar-refractivity contribution in [3.8, 4) is 11.6 Å². The molecule has 172 valence electrons. The Hall–Kier alpha value is -4.38. The Labute approximate surface area is 193 Å². The summed E-state index contributed by atoms with van der Waals surface area (Å²) in [6.45, 7) is 2.85. The van der Waals surface area contributed by atoms with Crippen molar-refractivity contribution in [3.05, 3.63) is 66.2 Å². The molecule has 0 atom stereocenters. The molecule has 4 heterocycles. The molecule has 0 unspecified atom stereocenters. The minimum atomic E-state index is -0.405. The Morgan fingerprint density at radius 1 is 1.09 bits per heavy atom. The van der Waals surface area contributed by atoms with Gasteiger partial charge < -0.3 is 24.1 Å². The molecule has 11 nitrogen and oxygen atoms in total. The highest BCUT2D eigenvalue weighted by Gasteiger charge is 2.31. The van der Waals surface area contributed by atoms with Gasteiger partial charge in [0, 0.05) is 38.2 Å². The van der Waals surface area contributed by atoms with E-state index in [9.17, 15) is 9.59 Å². The average Bonchev–Trinajstić information content (AvgIpc) is 3.20. The van der Waals surface area contributed by atoms with Crippen molar-refractivity contribution >= 4 is 28.6 Å². The van der Waals surface area contributed by atoms with Gasteiger partial charge in [0.1, 0.15) is 22.8 Å². The van der Waals surface area contributed by atoms with Gasteiger partial charge in [-0.2, -0.15) is 0 Å². The Morgan fingerprint density at radius 2 is 1.94 bits per heavy atom. The standard InChI is InChI=1S/C23H20N6O5/c1-13-5-16-18(33-13)6-14(22(30)28-20-9-24-3-4-25-20)7-19(16)34-21-10-26-17(8-27-21)23(31)29-11-15(12-29)32-2/h3-10,15H,11-12H2,1-2H3,(H,25,28,30). The van der Waals surface area contributed by atoms with E-state index >= 15 is 0 Å². The Morgan fingerprint density at radius 3 is 2.65 bits per heavy atom. The predicted molar refractivity (Wildman–Crippen MR) is 120 cm³/mol. The summed E-state index contributed by atoms with van der Waals surface area (Å²) in [7, 11) is 1.62. The highest BCUT2D eigenvalue weighted by molar-refractivity contribution is 6.06. The van der Waals surface area contributed by atoms with Gasteiger partial charge in [-0.25, -0.2) is 15.0 Å². The van der Waals surface area contributed by atoms with Crippen LogP contribution < -0.4 is 10.1 Å². The van der Waals surface area contributed by atoms with Gasteiger partial charge in [-0.3, -0.25) is 14.6 Å². The zero-order chi connectivity index (χ0) is 23.7. The van der Waals surface area contributed by atoms with Crippen molar-refractivity contribution in [1.82, 2.24) is 24.8 Å². The second-order valence-corrected chi connectivity index (χ2v) is 7.70. The van der Waals surface area contributed by atoms with Crippen LogP contribution in [0.15, 0.2) is 53.6 Å². The predicted octanol–water partition coefficient (Wildman–Crippen LogP) is 2.84. The molecule has 1 aliphatic rings. The number of furan rings is 1. The fourth-order valence-electron chi connectivity index (χ4n) is 3.51. The Balaban J connectivity index is 1.37. The van der Waals surface area contributed by atoms with E-state index in [0.29, 0.717) is 46.9 Å². The van der Waals surface area contributed by atoms with Crippen molar-refractivity contribution in [2.24, 2.45) is 0 Å². The number of fused-ring (bicyclic) bond motifs is 1. The molecule has 0 spiro atoms. The molecule has 1 aliphatic heterocycles. The van der Waals surface area contributed by atoms with Crippen molar-refractivity contribution < 1.29 is 23.5 Å². The molecule has 5 rings (SSSR count). The maximum Gasteiger partial charge on any atom is 0.274 e. The first-order valence-corrected chi connectivity index (χ1v) is 10.4. The van der Waals surface area contributed by atoms with Gasteiger partial charge in [-0.15, -0.1) is 0 Å². The van der Waals surface area contributed by atoms with Crippen LogP contribution in [0.3, 0.4) is 0 Å². The smallest absolute Gasteiger partial charge is 0.274 e. The van der Waals surface area contributed by atoms with E-state index in [1.807, 2.05) is 0 Å². The minimum absolute atomic E-state index is 0.0544. The summed E-state index contributed by atoms with van der Waals surface area (Å²) in [6.07, 6.45) is 7.22. The van der Waals surface area contributed by atoms with E-state index < -0.39 is 5.91 Å². The van der Waals surface area contributed by atoms with Gasteiger partial charge in [0.25, 0.3) is 11.8 Å². The van der Waals surface area contributed by atoms with Gasteiger partial charge in [0.2, 0.25) is 5.88 Å². The summed E-state index contributed by atoms with van der Waals surface area (Å²) < 4.78 is 16.8. The van der Waals surface area contributed by atoms with Crippen LogP contribution in [0.1, 0.15) is 26.6 Å². The maximum absolute atomic E-state index is 12.8. The number of rotatable bonds is 6. The lowest BCUT2D eigenvalue weighted by atomic mass is 10.1. The summed E-state index contributed by atoms with van der Waals surface area (Å²) in [5.41, 5.74) is 0.987. The van der Waals surface area contributed by atoms with E-state index in [4.69, 9.17) is 13.9 Å². The second-order valence-electron chi connectivity index (χ2n) is 7.70. The quantitative estimate of drug-likeness (QED) is 0.461. The molecule has 0 aliphatic carbocycles. The topological polar surface area (TPSA) is 133 Å². The monoisotopic (exact) mass is 460 g/mol. The Bertz CT molecular complexity index is 1350. The average molecular weight is 460 g/mol. The molecule has 11 heteroatoms. The molecule has 0 radical (unpaired) electrons. The molecule has 3 aromatic heterocycles. The molecule has 1 fully saturated rings. The summed E-state index contributed by atoms with van der Waals surface area (Å²) in [5.74, 6) is 0.873. The van der Waals surface area contributed by atoms with E-state index in [1.165, 1.54) is 31.0 Å². The molecule has 1 aromatic carbocycles. The van der Waals surface area contributed by atoms with Crippen molar-refractivity contribution in [2.75, 3.05) is 25.5 Å². The van der Waals surface area contributed by atoms with Crippen LogP contribution in [0.5, 0.6) is 11.6 Å². The normalized spacial score (nSPS) is 13.5. The van der Waals surface area contributed by atoms with Crippen LogP contribution in [-0.2, 0) is 4.74 Å². The molecule has 2 amide bonds. The lowest BCUT2D eigenvalue weighted by Crippen LogP contribution is -2.54. The van der Waals surface area contributed by atoms with Crippen LogP contribution >= 0.6 is 0 Å². The number of ether oxygens (including phenoxy) is 2. The van der Waals surface area contributed by atoms with Gasteiger partial charge in [0.05, 0.1) is 30.1 Å². The van der Waals surface area contributed by atoms with Crippen LogP contribution in [0.4, 0.5) is 5.82 Å². The lowest BCUT2D eigenvalue weighted by Gasteiger charge is -2.37. The number of amides is 2. The van der Waals surface area contributed by atoms with Gasteiger partial charge in [-0.05, 0) is 25.1 Å². The second kappa shape index (κ2) is 8.87. The number of aromatic nitrogens is 4. The first-order chi connectivity index (χ1) is 16.5. The van der Waals surface area contributed by atoms with Gasteiger partial charge in [-0.1, -0.05) is 0 Å². The van der Waals surface area contributed by atoms with E-state index in [0.717, 1.165) is 0 Å². The highest BCUT2D eigenvalue weighted by atomic mass is 16.5. The number of benzene rings is 1. The van der Waals surface area contributed by atoms with E-state index in [-0.39, 0.29) is 23.6 Å².